The van der Waals surface area contributed by atoms with Gasteiger partial charge in [0, 0.05) is 32.9 Å². The first-order valence-corrected chi connectivity index (χ1v) is 9.95. The SMILES string of the molecule is CC(C)(C)C(=O)Oc1ccc2c(-c3cc4cc(Br)ccc4oc3=O)cc(=O)oc2c1. The molecule has 0 amide bonds. The summed E-state index contributed by atoms with van der Waals surface area (Å²) in [4.78, 5) is 37.0. The fourth-order valence-electron chi connectivity index (χ4n) is 2.97. The molecule has 2 heterocycles. The van der Waals surface area contributed by atoms with E-state index in [2.05, 4.69) is 15.9 Å². The first-order valence-electron chi connectivity index (χ1n) is 9.16. The van der Waals surface area contributed by atoms with Gasteiger partial charge in [-0.3, -0.25) is 4.79 Å². The number of fused-ring (bicyclic) bond motifs is 2. The van der Waals surface area contributed by atoms with Gasteiger partial charge in [-0.15, -0.1) is 0 Å². The third-order valence-electron chi connectivity index (χ3n) is 4.52. The highest BCUT2D eigenvalue weighted by molar-refractivity contribution is 9.10. The number of esters is 1. The number of carbonyl (C=O) groups excluding carboxylic acids is 1. The van der Waals surface area contributed by atoms with E-state index in [1.807, 2.05) is 6.07 Å². The summed E-state index contributed by atoms with van der Waals surface area (Å²) in [6.07, 6.45) is 0. The molecule has 4 rings (SSSR count). The minimum absolute atomic E-state index is 0.199. The third-order valence-corrected chi connectivity index (χ3v) is 5.02. The van der Waals surface area contributed by atoms with Crippen LogP contribution in [0, 0.1) is 5.41 Å². The fraction of sp³-hybridized carbons (Fsp3) is 0.174. The molecule has 0 fully saturated rings. The summed E-state index contributed by atoms with van der Waals surface area (Å²) < 4.78 is 16.9. The maximum atomic E-state index is 12.6. The second-order valence-corrected chi connectivity index (χ2v) is 8.82. The number of benzene rings is 2. The summed E-state index contributed by atoms with van der Waals surface area (Å²) in [6, 6.07) is 12.9. The normalized spacial score (nSPS) is 11.7. The first-order chi connectivity index (χ1) is 14.1. The van der Waals surface area contributed by atoms with Crippen LogP contribution < -0.4 is 16.0 Å². The van der Waals surface area contributed by atoms with Gasteiger partial charge in [-0.05, 0) is 57.2 Å². The van der Waals surface area contributed by atoms with E-state index < -0.39 is 22.6 Å². The van der Waals surface area contributed by atoms with Crippen LogP contribution in [-0.4, -0.2) is 5.97 Å². The number of rotatable bonds is 2. The molecule has 0 aliphatic rings. The molecular formula is C23H17BrO6. The van der Waals surface area contributed by atoms with Crippen LogP contribution in [0.4, 0.5) is 0 Å². The van der Waals surface area contributed by atoms with Crippen LogP contribution in [0.25, 0.3) is 33.1 Å². The Morgan fingerprint density at radius 2 is 1.67 bits per heavy atom. The van der Waals surface area contributed by atoms with Crippen molar-refractivity contribution >= 4 is 43.8 Å². The molecular weight excluding hydrogens is 452 g/mol. The zero-order chi connectivity index (χ0) is 21.6. The minimum Gasteiger partial charge on any atom is -0.426 e. The van der Waals surface area contributed by atoms with E-state index in [0.717, 1.165) is 4.47 Å². The van der Waals surface area contributed by atoms with Crippen molar-refractivity contribution in [1.29, 1.82) is 0 Å². The number of hydrogen-bond acceptors (Lipinski definition) is 6. The molecule has 0 unspecified atom stereocenters. The highest BCUT2D eigenvalue weighted by Crippen LogP contribution is 2.31. The second kappa shape index (κ2) is 7.25. The van der Waals surface area contributed by atoms with Gasteiger partial charge in [0.1, 0.15) is 16.9 Å². The lowest BCUT2D eigenvalue weighted by Gasteiger charge is -2.16. The maximum Gasteiger partial charge on any atom is 0.344 e. The van der Waals surface area contributed by atoms with Crippen molar-refractivity contribution in [1.82, 2.24) is 0 Å². The van der Waals surface area contributed by atoms with Gasteiger partial charge >= 0.3 is 17.2 Å². The quantitative estimate of drug-likeness (QED) is 0.226. The molecule has 2 aromatic carbocycles. The molecule has 7 heteroatoms. The highest BCUT2D eigenvalue weighted by atomic mass is 79.9. The molecule has 0 saturated heterocycles. The predicted molar refractivity (Wildman–Crippen MR) is 117 cm³/mol. The van der Waals surface area contributed by atoms with Gasteiger partial charge in [-0.25, -0.2) is 9.59 Å². The van der Waals surface area contributed by atoms with Gasteiger partial charge in [-0.2, -0.15) is 0 Å². The molecule has 2 aromatic heterocycles. The molecule has 0 bridgehead atoms. The average molecular weight is 469 g/mol. The van der Waals surface area contributed by atoms with Crippen molar-refractivity contribution < 1.29 is 18.4 Å². The van der Waals surface area contributed by atoms with E-state index in [1.54, 1.807) is 51.1 Å². The van der Waals surface area contributed by atoms with Crippen LogP contribution in [0.1, 0.15) is 20.8 Å². The van der Waals surface area contributed by atoms with Crippen LogP contribution in [0.2, 0.25) is 0 Å². The van der Waals surface area contributed by atoms with Crippen molar-refractivity contribution in [2.45, 2.75) is 20.8 Å². The Hall–Kier alpha value is -3.19. The van der Waals surface area contributed by atoms with Gasteiger partial charge in [0.05, 0.1) is 11.0 Å². The van der Waals surface area contributed by atoms with Gasteiger partial charge in [-0.1, -0.05) is 15.9 Å². The molecule has 30 heavy (non-hydrogen) atoms. The van der Waals surface area contributed by atoms with E-state index in [1.165, 1.54) is 12.1 Å². The molecule has 0 saturated carbocycles. The zero-order valence-corrected chi connectivity index (χ0v) is 18.0. The molecule has 6 nitrogen and oxygen atoms in total. The molecule has 0 aliphatic carbocycles. The molecule has 0 spiro atoms. The minimum atomic E-state index is -0.685. The molecule has 0 N–H and O–H groups in total. The van der Waals surface area contributed by atoms with Gasteiger partial charge in [0.25, 0.3) is 0 Å². The highest BCUT2D eigenvalue weighted by Gasteiger charge is 2.24. The summed E-state index contributed by atoms with van der Waals surface area (Å²) in [5.74, 6) is -0.168. The Labute approximate surface area is 179 Å². The molecule has 0 radical (unpaired) electrons. The van der Waals surface area contributed by atoms with Gasteiger partial charge in [0.15, 0.2) is 0 Å². The van der Waals surface area contributed by atoms with Gasteiger partial charge < -0.3 is 13.6 Å². The number of hydrogen-bond donors (Lipinski definition) is 0. The largest absolute Gasteiger partial charge is 0.426 e. The molecule has 0 aliphatic heterocycles. The molecule has 0 atom stereocenters. The number of ether oxygens (including phenoxy) is 1. The van der Waals surface area contributed by atoms with E-state index >= 15 is 0 Å². The standard InChI is InChI=1S/C23H17BrO6/c1-23(2,3)22(27)28-14-5-6-15-16(11-20(25)29-19(15)10-14)17-9-12-8-13(24)4-7-18(12)30-21(17)26/h4-11H,1-3H3. The van der Waals surface area contributed by atoms with Crippen LogP contribution >= 0.6 is 15.9 Å². The van der Waals surface area contributed by atoms with Crippen molar-refractivity contribution in [2.75, 3.05) is 0 Å². The second-order valence-electron chi connectivity index (χ2n) is 7.91. The van der Waals surface area contributed by atoms with Crippen molar-refractivity contribution in [3.05, 3.63) is 73.8 Å². The van der Waals surface area contributed by atoms with E-state index in [4.69, 9.17) is 13.6 Å². The van der Waals surface area contributed by atoms with E-state index in [-0.39, 0.29) is 16.9 Å². The Morgan fingerprint density at radius 3 is 2.40 bits per heavy atom. The Balaban J connectivity index is 1.89. The van der Waals surface area contributed by atoms with Crippen LogP contribution in [0.15, 0.2) is 71.4 Å². The summed E-state index contributed by atoms with van der Waals surface area (Å²) in [6.45, 7) is 5.23. The zero-order valence-electron chi connectivity index (χ0n) is 16.4. The smallest absolute Gasteiger partial charge is 0.344 e. The van der Waals surface area contributed by atoms with Crippen LogP contribution in [0.5, 0.6) is 5.75 Å². The molecule has 152 valence electrons. The Morgan fingerprint density at radius 1 is 0.900 bits per heavy atom. The topological polar surface area (TPSA) is 86.7 Å². The summed E-state index contributed by atoms with van der Waals surface area (Å²) in [5, 5.41) is 1.22. The lowest BCUT2D eigenvalue weighted by Crippen LogP contribution is -2.25. The summed E-state index contributed by atoms with van der Waals surface area (Å²) in [5.41, 5.74) is -0.634. The summed E-state index contributed by atoms with van der Waals surface area (Å²) >= 11 is 3.40. The maximum absolute atomic E-state index is 12.6. The average Bonchev–Trinajstić information content (AvgIpc) is 2.66. The van der Waals surface area contributed by atoms with Crippen molar-refractivity contribution in [3.63, 3.8) is 0 Å². The predicted octanol–water partition coefficient (Wildman–Crippen LogP) is 5.28. The lowest BCUT2D eigenvalue weighted by molar-refractivity contribution is -0.142. The van der Waals surface area contributed by atoms with Crippen LogP contribution in [0.3, 0.4) is 0 Å². The molecule has 4 aromatic rings. The Kier molecular flexibility index (Phi) is 4.86. The van der Waals surface area contributed by atoms with Crippen molar-refractivity contribution in [3.8, 4) is 16.9 Å². The van der Waals surface area contributed by atoms with Gasteiger partial charge in [0.2, 0.25) is 0 Å². The lowest BCUT2D eigenvalue weighted by atomic mass is 9.97. The van der Waals surface area contributed by atoms with Crippen molar-refractivity contribution in [2.24, 2.45) is 5.41 Å². The third kappa shape index (κ3) is 3.80. The van der Waals surface area contributed by atoms with Crippen LogP contribution in [-0.2, 0) is 4.79 Å². The number of carbonyl (C=O) groups is 1. The van der Waals surface area contributed by atoms with E-state index in [0.29, 0.717) is 21.9 Å². The first kappa shape index (κ1) is 20.1. The number of halogens is 1. The summed E-state index contributed by atoms with van der Waals surface area (Å²) in [7, 11) is 0. The fourth-order valence-corrected chi connectivity index (χ4v) is 3.35. The monoisotopic (exact) mass is 468 g/mol. The van der Waals surface area contributed by atoms with E-state index in [9.17, 15) is 14.4 Å². The Bertz CT molecular complexity index is 1420.